The van der Waals surface area contributed by atoms with Gasteiger partial charge in [0.1, 0.15) is 0 Å². The molecular formula is C9H8ClN3OS2. The van der Waals surface area contributed by atoms with E-state index in [-0.39, 0.29) is 5.91 Å². The first-order chi connectivity index (χ1) is 7.65. The minimum atomic E-state index is -0.0317. The van der Waals surface area contributed by atoms with Crippen molar-refractivity contribution in [3.8, 4) is 0 Å². The number of hydrogen-bond acceptors (Lipinski definition) is 5. The molecule has 1 saturated heterocycles. The fourth-order valence-corrected chi connectivity index (χ4v) is 2.67. The summed E-state index contributed by atoms with van der Waals surface area (Å²) < 4.78 is 0.723. The summed E-state index contributed by atoms with van der Waals surface area (Å²) in [6.45, 7) is 1.85. The molecule has 0 aromatic carbocycles. The second-order valence-corrected chi connectivity index (χ2v) is 5.71. The van der Waals surface area contributed by atoms with Gasteiger partial charge in [0.25, 0.3) is 0 Å². The zero-order valence-corrected chi connectivity index (χ0v) is 10.7. The molecule has 1 aromatic rings. The number of hydrogen-bond donors (Lipinski definition) is 1. The smallest absolute Gasteiger partial charge is 0.236 e. The Labute approximate surface area is 106 Å². The molecule has 1 fully saturated rings. The zero-order valence-electron chi connectivity index (χ0n) is 8.36. The number of carbonyl (C=O) groups is 1. The van der Waals surface area contributed by atoms with Gasteiger partial charge in [0.2, 0.25) is 5.91 Å². The highest BCUT2D eigenvalue weighted by molar-refractivity contribution is 8.15. The predicted molar refractivity (Wildman–Crippen MR) is 69.6 cm³/mol. The standard InChI is InChI=1S/C9H8ClN3OS2/c1-5(6-2-3-7(10)16-6)12-13-9-11-8(14)4-15-9/h2-3H,4H2,1H3,(H,11,13,14)/b12-5-. The van der Waals surface area contributed by atoms with Crippen molar-refractivity contribution >= 4 is 51.5 Å². The molecule has 0 radical (unpaired) electrons. The van der Waals surface area contributed by atoms with Crippen molar-refractivity contribution < 1.29 is 4.79 Å². The third kappa shape index (κ3) is 2.84. The second kappa shape index (κ2) is 4.99. The van der Waals surface area contributed by atoms with Crippen LogP contribution in [0, 0.1) is 0 Å². The van der Waals surface area contributed by atoms with Gasteiger partial charge in [0, 0.05) is 0 Å². The zero-order chi connectivity index (χ0) is 11.5. The Morgan fingerprint density at radius 3 is 2.94 bits per heavy atom. The van der Waals surface area contributed by atoms with Gasteiger partial charge in [-0.05, 0) is 19.1 Å². The molecule has 0 saturated carbocycles. The maximum absolute atomic E-state index is 10.9. The van der Waals surface area contributed by atoms with E-state index in [0.717, 1.165) is 14.9 Å². The Hall–Kier alpha value is -0.850. The number of halogens is 1. The topological polar surface area (TPSA) is 53.8 Å². The van der Waals surface area contributed by atoms with Gasteiger partial charge in [-0.25, -0.2) is 0 Å². The van der Waals surface area contributed by atoms with Crippen LogP contribution in [0.25, 0.3) is 0 Å². The van der Waals surface area contributed by atoms with Crippen LogP contribution in [-0.4, -0.2) is 22.5 Å². The summed E-state index contributed by atoms with van der Waals surface area (Å²) >= 11 is 8.62. The molecule has 1 amide bonds. The number of amidine groups is 1. The number of nitrogens with zero attached hydrogens (tertiary/aromatic N) is 2. The monoisotopic (exact) mass is 273 g/mol. The van der Waals surface area contributed by atoms with Crippen molar-refractivity contribution in [2.75, 3.05) is 5.75 Å². The average molecular weight is 274 g/mol. The first-order valence-electron chi connectivity index (χ1n) is 4.46. The van der Waals surface area contributed by atoms with Gasteiger partial charge in [-0.3, -0.25) is 4.79 Å². The van der Waals surface area contributed by atoms with Crippen LogP contribution in [0.4, 0.5) is 0 Å². The fourth-order valence-electron chi connectivity index (χ4n) is 1.06. The first-order valence-corrected chi connectivity index (χ1v) is 6.64. The van der Waals surface area contributed by atoms with E-state index in [4.69, 9.17) is 11.6 Å². The minimum Gasteiger partial charge on any atom is -0.303 e. The van der Waals surface area contributed by atoms with Crippen molar-refractivity contribution in [1.82, 2.24) is 5.32 Å². The molecule has 0 bridgehead atoms. The van der Waals surface area contributed by atoms with Crippen LogP contribution in [-0.2, 0) is 4.79 Å². The van der Waals surface area contributed by atoms with Gasteiger partial charge < -0.3 is 5.32 Å². The van der Waals surface area contributed by atoms with Gasteiger partial charge in [0.05, 0.1) is 20.7 Å². The van der Waals surface area contributed by atoms with E-state index in [0.29, 0.717) is 10.9 Å². The van der Waals surface area contributed by atoms with Crippen molar-refractivity contribution in [2.24, 2.45) is 10.2 Å². The molecule has 0 aliphatic carbocycles. The number of thioether (sulfide) groups is 1. The van der Waals surface area contributed by atoms with Gasteiger partial charge >= 0.3 is 0 Å². The van der Waals surface area contributed by atoms with E-state index < -0.39 is 0 Å². The van der Waals surface area contributed by atoms with Crippen LogP contribution in [0.1, 0.15) is 11.8 Å². The van der Waals surface area contributed by atoms with Crippen LogP contribution >= 0.6 is 34.7 Å². The molecule has 2 heterocycles. The van der Waals surface area contributed by atoms with Crippen LogP contribution in [0.3, 0.4) is 0 Å². The van der Waals surface area contributed by atoms with Crippen molar-refractivity contribution in [3.63, 3.8) is 0 Å². The van der Waals surface area contributed by atoms with Crippen molar-refractivity contribution in [2.45, 2.75) is 6.92 Å². The van der Waals surface area contributed by atoms with Gasteiger partial charge in [-0.15, -0.1) is 16.4 Å². The van der Waals surface area contributed by atoms with Crippen LogP contribution in [0.5, 0.6) is 0 Å². The van der Waals surface area contributed by atoms with Crippen LogP contribution < -0.4 is 5.32 Å². The lowest BCUT2D eigenvalue weighted by atomic mass is 10.3. The van der Waals surface area contributed by atoms with E-state index in [2.05, 4.69) is 15.5 Å². The second-order valence-electron chi connectivity index (χ2n) is 3.03. The summed E-state index contributed by atoms with van der Waals surface area (Å²) in [6.07, 6.45) is 0. The summed E-state index contributed by atoms with van der Waals surface area (Å²) in [6, 6.07) is 3.71. The molecule has 0 spiro atoms. The lowest BCUT2D eigenvalue weighted by molar-refractivity contribution is -0.116. The maximum Gasteiger partial charge on any atom is 0.236 e. The number of amides is 1. The first kappa shape index (κ1) is 11.6. The third-order valence-corrected chi connectivity index (χ3v) is 4.01. The largest absolute Gasteiger partial charge is 0.303 e. The molecule has 7 heteroatoms. The molecule has 1 aliphatic heterocycles. The Morgan fingerprint density at radius 2 is 2.38 bits per heavy atom. The third-order valence-electron chi connectivity index (χ3n) is 1.81. The van der Waals surface area contributed by atoms with E-state index in [1.807, 2.05) is 19.1 Å². The van der Waals surface area contributed by atoms with Gasteiger partial charge in [-0.1, -0.05) is 23.4 Å². The summed E-state index contributed by atoms with van der Waals surface area (Å²) in [4.78, 5) is 11.9. The van der Waals surface area contributed by atoms with Gasteiger partial charge in [0.15, 0.2) is 5.17 Å². The summed E-state index contributed by atoms with van der Waals surface area (Å²) in [7, 11) is 0. The molecular weight excluding hydrogens is 266 g/mol. The number of carbonyl (C=O) groups excluding carboxylic acids is 1. The highest BCUT2D eigenvalue weighted by Gasteiger charge is 2.16. The molecule has 1 N–H and O–H groups in total. The maximum atomic E-state index is 10.9. The Balaban J connectivity index is 2.10. The Morgan fingerprint density at radius 1 is 1.56 bits per heavy atom. The molecule has 16 heavy (non-hydrogen) atoms. The molecule has 1 aromatic heterocycles. The highest BCUT2D eigenvalue weighted by Crippen LogP contribution is 2.22. The van der Waals surface area contributed by atoms with Gasteiger partial charge in [-0.2, -0.15) is 5.10 Å². The van der Waals surface area contributed by atoms with E-state index >= 15 is 0 Å². The number of nitrogens with one attached hydrogen (secondary N) is 1. The lowest BCUT2D eigenvalue weighted by Crippen LogP contribution is -2.19. The molecule has 1 aliphatic rings. The molecule has 4 nitrogen and oxygen atoms in total. The summed E-state index contributed by atoms with van der Waals surface area (Å²) in [5.74, 6) is 0.383. The van der Waals surface area contributed by atoms with Crippen LogP contribution in [0.2, 0.25) is 4.34 Å². The Bertz CT molecular complexity index is 481. The normalized spacial score (nSPS) is 19.2. The van der Waals surface area contributed by atoms with E-state index in [9.17, 15) is 4.79 Å². The molecule has 0 atom stereocenters. The Kier molecular flexibility index (Phi) is 3.63. The number of thiophene rings is 1. The highest BCUT2D eigenvalue weighted by atomic mass is 35.5. The average Bonchev–Trinajstić information content (AvgIpc) is 2.84. The fraction of sp³-hybridized carbons (Fsp3) is 0.222. The quantitative estimate of drug-likeness (QED) is 0.664. The summed E-state index contributed by atoms with van der Waals surface area (Å²) in [5.41, 5.74) is 0.783. The van der Waals surface area contributed by atoms with E-state index in [1.54, 1.807) is 0 Å². The van der Waals surface area contributed by atoms with Crippen molar-refractivity contribution in [1.29, 1.82) is 0 Å². The molecule has 2 rings (SSSR count). The molecule has 84 valence electrons. The predicted octanol–water partition coefficient (Wildman–Crippen LogP) is 2.34. The summed E-state index contributed by atoms with van der Waals surface area (Å²) in [5, 5.41) is 11.2. The van der Waals surface area contributed by atoms with Crippen molar-refractivity contribution in [3.05, 3.63) is 21.3 Å². The lowest BCUT2D eigenvalue weighted by Gasteiger charge is -1.93. The molecule has 0 unspecified atom stereocenters. The van der Waals surface area contributed by atoms with E-state index in [1.165, 1.54) is 23.1 Å². The number of rotatable bonds is 2. The van der Waals surface area contributed by atoms with Crippen LogP contribution in [0.15, 0.2) is 22.3 Å². The SMILES string of the molecule is C/C(=N/N=C1NC(=O)CS1)c1ccc(Cl)s1. The minimum absolute atomic E-state index is 0.0317.